The lowest BCUT2D eigenvalue weighted by atomic mass is 9.78. The molecule has 0 saturated heterocycles. The smallest absolute Gasteiger partial charge is 0.129 e. The van der Waals surface area contributed by atoms with Crippen LogP contribution in [0.15, 0.2) is 12.3 Å². The van der Waals surface area contributed by atoms with E-state index in [1.54, 1.807) is 6.20 Å². The third-order valence-corrected chi connectivity index (χ3v) is 4.10. The number of nitrogens with two attached hydrogens (primary N) is 1. The zero-order chi connectivity index (χ0) is 13.1. The molecule has 1 saturated carbocycles. The van der Waals surface area contributed by atoms with Gasteiger partial charge in [0.15, 0.2) is 0 Å². The largest absolute Gasteiger partial charge is 0.397 e. The van der Waals surface area contributed by atoms with Gasteiger partial charge in [-0.2, -0.15) is 0 Å². The number of hydrogen-bond donors (Lipinski definition) is 2. The van der Waals surface area contributed by atoms with E-state index in [0.29, 0.717) is 6.04 Å². The van der Waals surface area contributed by atoms with E-state index in [4.69, 9.17) is 5.73 Å². The zero-order valence-electron chi connectivity index (χ0n) is 11.7. The highest BCUT2D eigenvalue weighted by molar-refractivity contribution is 5.51. The van der Waals surface area contributed by atoms with Gasteiger partial charge in [-0.1, -0.05) is 26.7 Å². The lowest BCUT2D eigenvalue weighted by Gasteiger charge is -2.35. The highest BCUT2D eigenvalue weighted by atomic mass is 15.0. The van der Waals surface area contributed by atoms with E-state index < -0.39 is 0 Å². The van der Waals surface area contributed by atoms with Crippen LogP contribution in [-0.4, -0.2) is 11.0 Å². The first-order valence-corrected chi connectivity index (χ1v) is 7.06. The Kier molecular flexibility index (Phi) is 4.10. The molecule has 18 heavy (non-hydrogen) atoms. The fraction of sp³-hybridized carbons (Fsp3) is 0.667. The lowest BCUT2D eigenvalue weighted by molar-refractivity contribution is 0.253. The maximum atomic E-state index is 5.75. The number of pyridine rings is 1. The van der Waals surface area contributed by atoms with E-state index in [9.17, 15) is 0 Å². The summed E-state index contributed by atoms with van der Waals surface area (Å²) in [5.41, 5.74) is 7.63. The van der Waals surface area contributed by atoms with Gasteiger partial charge in [0.2, 0.25) is 0 Å². The number of aryl methyl sites for hydroxylation is 1. The van der Waals surface area contributed by atoms with E-state index in [-0.39, 0.29) is 0 Å². The lowest BCUT2D eigenvalue weighted by Crippen LogP contribution is -2.35. The minimum atomic E-state index is 0.563. The van der Waals surface area contributed by atoms with Gasteiger partial charge in [-0.05, 0) is 43.2 Å². The second-order valence-corrected chi connectivity index (χ2v) is 5.88. The average Bonchev–Trinajstić information content (AvgIpc) is 2.33. The van der Waals surface area contributed by atoms with Crippen molar-refractivity contribution in [2.24, 2.45) is 11.8 Å². The number of hydrogen-bond acceptors (Lipinski definition) is 3. The molecular weight excluding hydrogens is 222 g/mol. The number of anilines is 2. The highest BCUT2D eigenvalue weighted by Crippen LogP contribution is 2.32. The molecule has 100 valence electrons. The van der Waals surface area contributed by atoms with Gasteiger partial charge in [-0.3, -0.25) is 0 Å². The fourth-order valence-electron chi connectivity index (χ4n) is 3.06. The first-order valence-electron chi connectivity index (χ1n) is 7.06. The maximum absolute atomic E-state index is 5.75. The standard InChI is InChI=1S/C15H25N3/c1-10(2)13-6-4-5-7-14(13)18-15-11(3)8-12(16)9-17-15/h8-10,13-14H,4-7,16H2,1-3H3,(H,17,18). The van der Waals surface area contributed by atoms with E-state index in [2.05, 4.69) is 31.1 Å². The van der Waals surface area contributed by atoms with Crippen LogP contribution in [0.3, 0.4) is 0 Å². The Hall–Kier alpha value is -1.25. The Bertz CT molecular complexity index is 401. The van der Waals surface area contributed by atoms with Crippen LogP contribution in [0.5, 0.6) is 0 Å². The minimum absolute atomic E-state index is 0.563. The van der Waals surface area contributed by atoms with Gasteiger partial charge in [-0.25, -0.2) is 4.98 Å². The number of rotatable bonds is 3. The van der Waals surface area contributed by atoms with Crippen molar-refractivity contribution in [2.45, 2.75) is 52.5 Å². The summed E-state index contributed by atoms with van der Waals surface area (Å²) < 4.78 is 0. The summed E-state index contributed by atoms with van der Waals surface area (Å²) >= 11 is 0. The molecule has 3 heteroatoms. The van der Waals surface area contributed by atoms with Gasteiger partial charge in [-0.15, -0.1) is 0 Å². The predicted octanol–water partition coefficient (Wildman–Crippen LogP) is 3.60. The normalized spacial score (nSPS) is 24.2. The van der Waals surface area contributed by atoms with Gasteiger partial charge < -0.3 is 11.1 Å². The van der Waals surface area contributed by atoms with Crippen molar-refractivity contribution < 1.29 is 0 Å². The van der Waals surface area contributed by atoms with Crippen molar-refractivity contribution in [1.82, 2.24) is 4.98 Å². The summed E-state index contributed by atoms with van der Waals surface area (Å²) in [6, 6.07) is 2.55. The Morgan fingerprint density at radius 2 is 2.06 bits per heavy atom. The van der Waals surface area contributed by atoms with Crippen molar-refractivity contribution >= 4 is 11.5 Å². The van der Waals surface area contributed by atoms with Crippen molar-refractivity contribution in [3.8, 4) is 0 Å². The molecule has 3 N–H and O–H groups in total. The molecule has 0 aliphatic heterocycles. The van der Waals surface area contributed by atoms with Gasteiger partial charge in [0.1, 0.15) is 5.82 Å². The average molecular weight is 247 g/mol. The molecule has 0 spiro atoms. The van der Waals surface area contributed by atoms with Gasteiger partial charge in [0.25, 0.3) is 0 Å². The van der Waals surface area contributed by atoms with Crippen LogP contribution >= 0.6 is 0 Å². The molecule has 1 aliphatic rings. The number of aromatic nitrogens is 1. The molecule has 0 radical (unpaired) electrons. The van der Waals surface area contributed by atoms with E-state index >= 15 is 0 Å². The monoisotopic (exact) mass is 247 g/mol. The molecule has 1 aromatic heterocycles. The third kappa shape index (κ3) is 2.95. The van der Waals surface area contributed by atoms with Crippen LogP contribution in [0.1, 0.15) is 45.1 Å². The second kappa shape index (κ2) is 5.59. The molecule has 1 heterocycles. The first kappa shape index (κ1) is 13.2. The summed E-state index contributed by atoms with van der Waals surface area (Å²) in [4.78, 5) is 4.43. The summed E-state index contributed by atoms with van der Waals surface area (Å²) in [7, 11) is 0. The van der Waals surface area contributed by atoms with Crippen molar-refractivity contribution in [1.29, 1.82) is 0 Å². The molecule has 1 fully saturated rings. The van der Waals surface area contributed by atoms with Crippen LogP contribution < -0.4 is 11.1 Å². The number of nitrogens with zero attached hydrogens (tertiary/aromatic N) is 1. The topological polar surface area (TPSA) is 50.9 Å². The van der Waals surface area contributed by atoms with E-state index in [1.165, 1.54) is 25.7 Å². The third-order valence-electron chi connectivity index (χ3n) is 4.10. The van der Waals surface area contributed by atoms with E-state index in [1.807, 2.05) is 6.07 Å². The predicted molar refractivity (Wildman–Crippen MR) is 77.6 cm³/mol. The highest BCUT2D eigenvalue weighted by Gasteiger charge is 2.27. The molecule has 2 atom stereocenters. The Balaban J connectivity index is 2.11. The van der Waals surface area contributed by atoms with E-state index in [0.717, 1.165) is 28.9 Å². The van der Waals surface area contributed by atoms with Crippen molar-refractivity contribution in [3.05, 3.63) is 17.8 Å². The van der Waals surface area contributed by atoms with Crippen LogP contribution in [0.2, 0.25) is 0 Å². The summed E-state index contributed by atoms with van der Waals surface area (Å²) in [6.45, 7) is 6.72. The molecular formula is C15H25N3. The zero-order valence-corrected chi connectivity index (χ0v) is 11.7. The summed E-state index contributed by atoms with van der Waals surface area (Å²) in [5.74, 6) is 2.50. The van der Waals surface area contributed by atoms with Crippen LogP contribution in [0, 0.1) is 18.8 Å². The van der Waals surface area contributed by atoms with Gasteiger partial charge in [0, 0.05) is 6.04 Å². The molecule has 0 bridgehead atoms. The molecule has 1 aliphatic carbocycles. The molecule has 3 nitrogen and oxygen atoms in total. The van der Waals surface area contributed by atoms with Crippen LogP contribution in [0.4, 0.5) is 11.5 Å². The van der Waals surface area contributed by atoms with Crippen molar-refractivity contribution in [2.75, 3.05) is 11.1 Å². The fourth-order valence-corrected chi connectivity index (χ4v) is 3.06. The molecule has 2 unspecified atom stereocenters. The molecule has 1 aromatic rings. The summed E-state index contributed by atoms with van der Waals surface area (Å²) in [6.07, 6.45) is 7.03. The quantitative estimate of drug-likeness (QED) is 0.858. The Morgan fingerprint density at radius 1 is 1.33 bits per heavy atom. The van der Waals surface area contributed by atoms with Gasteiger partial charge in [0.05, 0.1) is 11.9 Å². The molecule has 2 rings (SSSR count). The van der Waals surface area contributed by atoms with Crippen LogP contribution in [0.25, 0.3) is 0 Å². The Labute approximate surface area is 110 Å². The number of nitrogen functional groups attached to an aromatic ring is 1. The maximum Gasteiger partial charge on any atom is 0.129 e. The molecule has 0 amide bonds. The Morgan fingerprint density at radius 3 is 2.72 bits per heavy atom. The summed E-state index contributed by atoms with van der Waals surface area (Å²) in [5, 5.41) is 3.64. The first-order chi connectivity index (χ1) is 8.58. The SMILES string of the molecule is Cc1cc(N)cnc1NC1CCCCC1C(C)C. The van der Waals surface area contributed by atoms with Crippen LogP contribution in [-0.2, 0) is 0 Å². The van der Waals surface area contributed by atoms with Crippen molar-refractivity contribution in [3.63, 3.8) is 0 Å². The van der Waals surface area contributed by atoms with Gasteiger partial charge >= 0.3 is 0 Å². The molecule has 0 aromatic carbocycles. The minimum Gasteiger partial charge on any atom is -0.397 e. The second-order valence-electron chi connectivity index (χ2n) is 5.88. The number of nitrogens with one attached hydrogen (secondary N) is 1.